The second-order valence-corrected chi connectivity index (χ2v) is 6.11. The monoisotopic (exact) mass is 351 g/mol. The summed E-state index contributed by atoms with van der Waals surface area (Å²) < 4.78 is 6.84. The Morgan fingerprint density at radius 3 is 2.58 bits per heavy atom. The summed E-state index contributed by atoms with van der Waals surface area (Å²) in [5, 5.41) is 2.71. The number of aromatic nitrogens is 2. The number of hydrogen-bond donors (Lipinski definition) is 1. The van der Waals surface area contributed by atoms with Crippen LogP contribution in [-0.2, 0) is 11.2 Å². The van der Waals surface area contributed by atoms with Crippen molar-refractivity contribution in [2.24, 2.45) is 0 Å². The van der Waals surface area contributed by atoms with Gasteiger partial charge in [0, 0.05) is 6.20 Å². The molecule has 134 valence electrons. The Morgan fingerprint density at radius 1 is 1.15 bits per heavy atom. The van der Waals surface area contributed by atoms with Gasteiger partial charge in [-0.2, -0.15) is 0 Å². The third kappa shape index (κ3) is 3.74. The predicted octanol–water partition coefficient (Wildman–Crippen LogP) is 2.89. The van der Waals surface area contributed by atoms with Gasteiger partial charge in [-0.15, -0.1) is 0 Å². The van der Waals surface area contributed by atoms with Gasteiger partial charge in [0.05, 0.1) is 18.7 Å². The van der Waals surface area contributed by atoms with Crippen LogP contribution in [0.5, 0.6) is 5.75 Å². The van der Waals surface area contributed by atoms with E-state index < -0.39 is 0 Å². The van der Waals surface area contributed by atoms with Crippen LogP contribution in [0.25, 0.3) is 5.65 Å². The van der Waals surface area contributed by atoms with Crippen molar-refractivity contribution < 1.29 is 9.53 Å². The van der Waals surface area contributed by atoms with Crippen molar-refractivity contribution >= 4 is 17.2 Å². The van der Waals surface area contributed by atoms with E-state index in [-0.39, 0.29) is 23.6 Å². The number of nitrogens with zero attached hydrogens (tertiary/aromatic N) is 2. The summed E-state index contributed by atoms with van der Waals surface area (Å²) in [7, 11) is 0. The number of ether oxygens (including phenoxy) is 1. The van der Waals surface area contributed by atoms with Crippen LogP contribution < -0.4 is 15.6 Å². The smallest absolute Gasteiger partial charge is 0.281 e. The van der Waals surface area contributed by atoms with E-state index in [0.29, 0.717) is 17.9 Å². The van der Waals surface area contributed by atoms with Crippen LogP contribution in [0.4, 0.5) is 5.69 Å². The average molecular weight is 351 g/mol. The first-order valence-electron chi connectivity index (χ1n) is 8.49. The van der Waals surface area contributed by atoms with Crippen LogP contribution >= 0.6 is 0 Å². The molecule has 0 spiro atoms. The lowest BCUT2D eigenvalue weighted by molar-refractivity contribution is -0.115. The normalized spacial score (nSPS) is 10.7. The van der Waals surface area contributed by atoms with E-state index in [1.54, 1.807) is 19.2 Å². The number of aryl methyl sites for hydroxylation is 2. The number of carbonyl (C=O) groups is 1. The molecule has 3 rings (SSSR count). The Bertz CT molecular complexity index is 1010. The third-order valence-electron chi connectivity index (χ3n) is 4.02. The average Bonchev–Trinajstić information content (AvgIpc) is 2.61. The molecule has 6 nitrogen and oxygen atoms in total. The van der Waals surface area contributed by atoms with E-state index in [4.69, 9.17) is 4.74 Å². The molecule has 6 heteroatoms. The molecule has 0 aliphatic carbocycles. The second kappa shape index (κ2) is 7.39. The van der Waals surface area contributed by atoms with Crippen LogP contribution in [0.2, 0.25) is 0 Å². The van der Waals surface area contributed by atoms with Gasteiger partial charge in [0.25, 0.3) is 5.56 Å². The molecular formula is C20H21N3O3. The van der Waals surface area contributed by atoms with Gasteiger partial charge in [-0.1, -0.05) is 18.2 Å². The van der Waals surface area contributed by atoms with E-state index in [9.17, 15) is 9.59 Å². The summed E-state index contributed by atoms with van der Waals surface area (Å²) in [5.41, 5.74) is 2.77. The fourth-order valence-electron chi connectivity index (χ4n) is 2.74. The van der Waals surface area contributed by atoms with E-state index in [2.05, 4.69) is 10.3 Å². The first-order chi connectivity index (χ1) is 12.5. The van der Waals surface area contributed by atoms with Crippen molar-refractivity contribution in [3.05, 3.63) is 69.8 Å². The first kappa shape index (κ1) is 17.7. The minimum Gasteiger partial charge on any atom is -0.494 e. The highest BCUT2D eigenvalue weighted by Gasteiger charge is 2.13. The van der Waals surface area contributed by atoms with Gasteiger partial charge in [0.2, 0.25) is 5.91 Å². The molecule has 0 aliphatic rings. The molecule has 0 saturated carbocycles. The van der Waals surface area contributed by atoms with E-state index >= 15 is 0 Å². The van der Waals surface area contributed by atoms with Crippen LogP contribution in [0.1, 0.15) is 23.7 Å². The Kier molecular flexibility index (Phi) is 5.02. The van der Waals surface area contributed by atoms with Gasteiger partial charge in [-0.05, 0) is 50.1 Å². The highest BCUT2D eigenvalue weighted by Crippen LogP contribution is 2.14. The van der Waals surface area contributed by atoms with Crippen molar-refractivity contribution in [2.75, 3.05) is 11.9 Å². The summed E-state index contributed by atoms with van der Waals surface area (Å²) in [6, 6.07) is 11.0. The molecule has 0 radical (unpaired) electrons. The Hall–Kier alpha value is -3.15. The number of amides is 1. The van der Waals surface area contributed by atoms with Gasteiger partial charge < -0.3 is 10.1 Å². The Morgan fingerprint density at radius 2 is 1.88 bits per heavy atom. The summed E-state index contributed by atoms with van der Waals surface area (Å²) in [6.45, 7) is 6.13. The maximum Gasteiger partial charge on any atom is 0.281 e. The van der Waals surface area contributed by atoms with Gasteiger partial charge in [-0.25, -0.2) is 4.98 Å². The molecule has 0 atom stereocenters. The van der Waals surface area contributed by atoms with Crippen molar-refractivity contribution in [1.82, 2.24) is 9.38 Å². The zero-order chi connectivity index (χ0) is 18.7. The minimum absolute atomic E-state index is 0.168. The minimum atomic E-state index is -0.281. The third-order valence-corrected chi connectivity index (χ3v) is 4.02. The van der Waals surface area contributed by atoms with Gasteiger partial charge in [-0.3, -0.25) is 14.0 Å². The fraction of sp³-hybridized carbons (Fsp3) is 0.250. The Labute approximate surface area is 151 Å². The predicted molar refractivity (Wildman–Crippen MR) is 101 cm³/mol. The zero-order valence-corrected chi connectivity index (χ0v) is 15.1. The lowest BCUT2D eigenvalue weighted by Gasteiger charge is -2.10. The van der Waals surface area contributed by atoms with Gasteiger partial charge in [0.1, 0.15) is 17.1 Å². The number of nitrogens with one attached hydrogen (secondary N) is 1. The van der Waals surface area contributed by atoms with Gasteiger partial charge >= 0.3 is 0 Å². The van der Waals surface area contributed by atoms with Crippen LogP contribution in [-0.4, -0.2) is 21.9 Å². The molecule has 2 aromatic heterocycles. The van der Waals surface area contributed by atoms with Crippen molar-refractivity contribution in [3.8, 4) is 5.75 Å². The maximum atomic E-state index is 12.7. The number of fused-ring (bicyclic) bond motifs is 1. The molecule has 0 saturated heterocycles. The number of hydrogen-bond acceptors (Lipinski definition) is 4. The Balaban J connectivity index is 1.81. The van der Waals surface area contributed by atoms with Crippen molar-refractivity contribution in [1.29, 1.82) is 0 Å². The topological polar surface area (TPSA) is 72.7 Å². The van der Waals surface area contributed by atoms with Gasteiger partial charge in [0.15, 0.2) is 0 Å². The standard InChI is InChI=1S/C20H21N3O3/c1-4-26-16-8-6-15(7-9-16)11-18(24)22-19-14(3)21-17-10-5-13(2)12-23(17)20(19)25/h5-10,12H,4,11H2,1-3H3,(H,22,24). The second-order valence-electron chi connectivity index (χ2n) is 6.11. The summed E-state index contributed by atoms with van der Waals surface area (Å²) in [5.74, 6) is 0.503. The molecule has 0 unspecified atom stereocenters. The summed E-state index contributed by atoms with van der Waals surface area (Å²) >= 11 is 0. The molecule has 2 heterocycles. The molecule has 1 amide bonds. The zero-order valence-electron chi connectivity index (χ0n) is 15.1. The van der Waals surface area contributed by atoms with Crippen LogP contribution in [0.3, 0.4) is 0 Å². The highest BCUT2D eigenvalue weighted by molar-refractivity contribution is 5.92. The molecule has 1 N–H and O–H groups in total. The van der Waals surface area contributed by atoms with E-state index in [1.807, 2.05) is 44.2 Å². The number of benzene rings is 1. The quantitative estimate of drug-likeness (QED) is 0.767. The number of carbonyl (C=O) groups excluding carboxylic acids is 1. The molecule has 26 heavy (non-hydrogen) atoms. The van der Waals surface area contributed by atoms with Crippen molar-refractivity contribution in [2.45, 2.75) is 27.2 Å². The number of pyridine rings is 1. The number of anilines is 1. The molecule has 1 aromatic carbocycles. The molecule has 0 fully saturated rings. The lowest BCUT2D eigenvalue weighted by Crippen LogP contribution is -2.26. The molecular weight excluding hydrogens is 330 g/mol. The molecule has 0 aliphatic heterocycles. The van der Waals surface area contributed by atoms with Crippen molar-refractivity contribution in [3.63, 3.8) is 0 Å². The SMILES string of the molecule is CCOc1ccc(CC(=O)Nc2c(C)nc3ccc(C)cn3c2=O)cc1. The van der Waals surface area contributed by atoms with E-state index in [0.717, 1.165) is 16.9 Å². The maximum absolute atomic E-state index is 12.7. The lowest BCUT2D eigenvalue weighted by atomic mass is 10.1. The summed E-state index contributed by atoms with van der Waals surface area (Å²) in [6.07, 6.45) is 1.88. The highest BCUT2D eigenvalue weighted by atomic mass is 16.5. The van der Waals surface area contributed by atoms with Crippen LogP contribution in [0, 0.1) is 13.8 Å². The van der Waals surface area contributed by atoms with Crippen LogP contribution in [0.15, 0.2) is 47.4 Å². The fourth-order valence-corrected chi connectivity index (χ4v) is 2.74. The van der Waals surface area contributed by atoms with E-state index in [1.165, 1.54) is 4.40 Å². The summed E-state index contributed by atoms with van der Waals surface area (Å²) in [4.78, 5) is 29.5. The number of rotatable bonds is 5. The molecule has 3 aromatic rings. The largest absolute Gasteiger partial charge is 0.494 e. The first-order valence-corrected chi connectivity index (χ1v) is 8.49. The molecule has 0 bridgehead atoms.